The summed E-state index contributed by atoms with van der Waals surface area (Å²) in [6, 6.07) is 8.44. The maximum absolute atomic E-state index is 6.44. The van der Waals surface area contributed by atoms with Crippen molar-refractivity contribution in [2.45, 2.75) is 31.6 Å². The monoisotopic (exact) mass is 286 g/mol. The third-order valence-electron chi connectivity index (χ3n) is 3.26. The molecule has 0 amide bonds. The van der Waals surface area contributed by atoms with Crippen molar-refractivity contribution in [3.8, 4) is 0 Å². The molecule has 0 spiro atoms. The molecule has 1 aromatic rings. The molecule has 1 aliphatic rings. The first-order valence-corrected chi connectivity index (χ1v) is 6.78. The van der Waals surface area contributed by atoms with E-state index in [0.29, 0.717) is 5.92 Å². The van der Waals surface area contributed by atoms with Crippen LogP contribution >= 0.6 is 27.5 Å². The van der Waals surface area contributed by atoms with E-state index in [1.807, 2.05) is 0 Å². The number of hydrogen-bond donors (Lipinski definition) is 0. The Morgan fingerprint density at radius 2 is 2.20 bits per heavy atom. The van der Waals surface area contributed by atoms with E-state index >= 15 is 0 Å². The molecule has 2 rings (SSSR count). The van der Waals surface area contributed by atoms with Gasteiger partial charge in [0.25, 0.3) is 0 Å². The fourth-order valence-electron chi connectivity index (χ4n) is 1.99. The highest BCUT2D eigenvalue weighted by molar-refractivity contribution is 9.10. The average molecular weight is 288 g/mol. The van der Waals surface area contributed by atoms with E-state index in [1.54, 1.807) is 0 Å². The summed E-state index contributed by atoms with van der Waals surface area (Å²) in [5, 5.41) is 0.284. The molecule has 15 heavy (non-hydrogen) atoms. The van der Waals surface area contributed by atoms with Gasteiger partial charge in [-0.1, -0.05) is 35.0 Å². The Hall–Kier alpha value is -0.0100. The molecule has 0 N–H and O–H groups in total. The Morgan fingerprint density at radius 1 is 1.47 bits per heavy atom. The van der Waals surface area contributed by atoms with E-state index in [-0.39, 0.29) is 5.38 Å². The number of hydrogen-bond acceptors (Lipinski definition) is 0. The fourth-order valence-corrected chi connectivity index (χ4v) is 2.82. The molecule has 1 saturated carbocycles. The van der Waals surface area contributed by atoms with Crippen LogP contribution < -0.4 is 0 Å². The second kappa shape index (κ2) is 4.88. The maximum Gasteiger partial charge on any atom is 0.0404 e. The van der Waals surface area contributed by atoms with Crippen LogP contribution in [0.25, 0.3) is 0 Å². The van der Waals surface area contributed by atoms with Crippen LogP contribution in [-0.2, 0) is 6.42 Å². The Labute approximate surface area is 105 Å². The van der Waals surface area contributed by atoms with Crippen molar-refractivity contribution < 1.29 is 0 Å². The number of alkyl halides is 1. The zero-order chi connectivity index (χ0) is 10.8. The van der Waals surface area contributed by atoms with Gasteiger partial charge in [0.1, 0.15) is 0 Å². The molecule has 0 saturated heterocycles. The molecule has 1 aliphatic carbocycles. The molecular weight excluding hydrogens is 272 g/mol. The summed E-state index contributed by atoms with van der Waals surface area (Å²) in [5.41, 5.74) is 1.33. The molecule has 0 aromatic heterocycles. The Bertz CT molecular complexity index is 333. The topological polar surface area (TPSA) is 0 Å². The third kappa shape index (κ3) is 3.22. The predicted octanol–water partition coefficient (Wildman–Crippen LogP) is 4.65. The van der Waals surface area contributed by atoms with Gasteiger partial charge in [-0.2, -0.15) is 0 Å². The fraction of sp³-hybridized carbons (Fsp3) is 0.538. The van der Waals surface area contributed by atoms with Gasteiger partial charge in [0.05, 0.1) is 0 Å². The molecule has 2 unspecified atom stereocenters. The SMILES string of the molecule is CC(C(Cl)Cc1cccc(Br)c1)C1CC1. The van der Waals surface area contributed by atoms with Gasteiger partial charge in [-0.15, -0.1) is 11.6 Å². The first-order valence-electron chi connectivity index (χ1n) is 5.55. The van der Waals surface area contributed by atoms with Crippen LogP contribution in [0.2, 0.25) is 0 Å². The van der Waals surface area contributed by atoms with Crippen molar-refractivity contribution >= 4 is 27.5 Å². The first-order chi connectivity index (χ1) is 7.16. The molecule has 2 heteroatoms. The Balaban J connectivity index is 1.95. The van der Waals surface area contributed by atoms with Gasteiger partial charge in [-0.3, -0.25) is 0 Å². The van der Waals surface area contributed by atoms with Crippen LogP contribution in [-0.4, -0.2) is 5.38 Å². The maximum atomic E-state index is 6.44. The van der Waals surface area contributed by atoms with Crippen molar-refractivity contribution in [3.63, 3.8) is 0 Å². The standard InChI is InChI=1S/C13H16BrCl/c1-9(11-5-6-11)13(15)8-10-3-2-4-12(14)7-10/h2-4,7,9,11,13H,5-6,8H2,1H3. The molecule has 0 radical (unpaired) electrons. The van der Waals surface area contributed by atoms with Crippen LogP contribution in [0, 0.1) is 11.8 Å². The Morgan fingerprint density at radius 3 is 2.80 bits per heavy atom. The number of benzene rings is 1. The van der Waals surface area contributed by atoms with Gasteiger partial charge in [0.15, 0.2) is 0 Å². The quantitative estimate of drug-likeness (QED) is 0.707. The minimum absolute atomic E-state index is 0.284. The minimum Gasteiger partial charge on any atom is -0.122 e. The number of halogens is 2. The summed E-state index contributed by atoms with van der Waals surface area (Å²) in [6.07, 6.45) is 3.74. The number of rotatable bonds is 4. The highest BCUT2D eigenvalue weighted by Gasteiger charge is 2.32. The lowest BCUT2D eigenvalue weighted by Crippen LogP contribution is -2.16. The normalized spacial score (nSPS) is 19.9. The first kappa shape index (κ1) is 11.5. The van der Waals surface area contributed by atoms with E-state index < -0.39 is 0 Å². The molecule has 2 atom stereocenters. The van der Waals surface area contributed by atoms with Crippen LogP contribution in [0.1, 0.15) is 25.3 Å². The summed E-state index contributed by atoms with van der Waals surface area (Å²) >= 11 is 9.93. The van der Waals surface area contributed by atoms with Crippen molar-refractivity contribution in [3.05, 3.63) is 34.3 Å². The van der Waals surface area contributed by atoms with E-state index in [0.717, 1.165) is 16.8 Å². The molecule has 82 valence electrons. The summed E-state index contributed by atoms with van der Waals surface area (Å²) in [6.45, 7) is 2.29. The van der Waals surface area contributed by atoms with Gasteiger partial charge < -0.3 is 0 Å². The van der Waals surface area contributed by atoms with E-state index in [1.165, 1.54) is 18.4 Å². The summed E-state index contributed by atoms with van der Waals surface area (Å²) in [7, 11) is 0. The molecule has 0 nitrogen and oxygen atoms in total. The van der Waals surface area contributed by atoms with Gasteiger partial charge >= 0.3 is 0 Å². The van der Waals surface area contributed by atoms with Crippen LogP contribution in [0.3, 0.4) is 0 Å². The van der Waals surface area contributed by atoms with Gasteiger partial charge in [-0.25, -0.2) is 0 Å². The predicted molar refractivity (Wildman–Crippen MR) is 69.4 cm³/mol. The molecule has 0 heterocycles. The van der Waals surface area contributed by atoms with Crippen molar-refractivity contribution in [2.24, 2.45) is 11.8 Å². The highest BCUT2D eigenvalue weighted by atomic mass is 79.9. The summed E-state index contributed by atoms with van der Waals surface area (Å²) < 4.78 is 1.14. The van der Waals surface area contributed by atoms with Crippen LogP contribution in [0.4, 0.5) is 0 Å². The van der Waals surface area contributed by atoms with E-state index in [4.69, 9.17) is 11.6 Å². The van der Waals surface area contributed by atoms with E-state index in [9.17, 15) is 0 Å². The molecule has 1 fully saturated rings. The van der Waals surface area contributed by atoms with Crippen LogP contribution in [0.5, 0.6) is 0 Å². The molecule has 0 aliphatic heterocycles. The minimum atomic E-state index is 0.284. The van der Waals surface area contributed by atoms with Gasteiger partial charge in [-0.05, 0) is 48.8 Å². The zero-order valence-corrected chi connectivity index (χ0v) is 11.3. The lowest BCUT2D eigenvalue weighted by molar-refractivity contribution is 0.478. The van der Waals surface area contributed by atoms with Crippen molar-refractivity contribution in [1.29, 1.82) is 0 Å². The van der Waals surface area contributed by atoms with Gasteiger partial charge in [0.2, 0.25) is 0 Å². The smallest absolute Gasteiger partial charge is 0.0404 e. The summed E-state index contributed by atoms with van der Waals surface area (Å²) in [5.74, 6) is 1.55. The summed E-state index contributed by atoms with van der Waals surface area (Å²) in [4.78, 5) is 0. The highest BCUT2D eigenvalue weighted by Crippen LogP contribution is 2.40. The third-order valence-corrected chi connectivity index (χ3v) is 4.30. The van der Waals surface area contributed by atoms with Gasteiger partial charge in [0, 0.05) is 9.85 Å². The Kier molecular flexibility index (Phi) is 3.73. The molecule has 0 bridgehead atoms. The van der Waals surface area contributed by atoms with Crippen molar-refractivity contribution in [1.82, 2.24) is 0 Å². The molecular formula is C13H16BrCl. The largest absolute Gasteiger partial charge is 0.122 e. The molecule has 1 aromatic carbocycles. The van der Waals surface area contributed by atoms with Crippen molar-refractivity contribution in [2.75, 3.05) is 0 Å². The lowest BCUT2D eigenvalue weighted by atomic mass is 9.96. The van der Waals surface area contributed by atoms with Crippen LogP contribution in [0.15, 0.2) is 28.7 Å². The average Bonchev–Trinajstić information content (AvgIpc) is 2.99. The lowest BCUT2D eigenvalue weighted by Gasteiger charge is -2.17. The zero-order valence-electron chi connectivity index (χ0n) is 8.92. The van der Waals surface area contributed by atoms with E-state index in [2.05, 4.69) is 47.1 Å². The second-order valence-corrected chi connectivity index (χ2v) is 6.02. The second-order valence-electron chi connectivity index (χ2n) is 4.55.